The van der Waals surface area contributed by atoms with Gasteiger partial charge in [0.25, 0.3) is 0 Å². The summed E-state index contributed by atoms with van der Waals surface area (Å²) in [6, 6.07) is 16.3. The number of thioether (sulfide) groups is 1. The summed E-state index contributed by atoms with van der Waals surface area (Å²) in [7, 11) is 0. The molecule has 3 nitrogen and oxygen atoms in total. The van der Waals surface area contributed by atoms with Gasteiger partial charge in [-0.1, -0.05) is 64.8 Å². The number of ketones is 1. The molecule has 2 rings (SSSR count). The van der Waals surface area contributed by atoms with Crippen LogP contribution in [0.1, 0.15) is 53.4 Å². The molecule has 0 aliphatic rings. The Balaban J connectivity index is 2.00. The first-order valence-electron chi connectivity index (χ1n) is 10.7. The van der Waals surface area contributed by atoms with E-state index in [1.165, 1.54) is 24.6 Å². The third-order valence-electron chi connectivity index (χ3n) is 4.60. The third kappa shape index (κ3) is 8.27. The predicted octanol–water partition coefficient (Wildman–Crippen LogP) is 7.46. The van der Waals surface area contributed by atoms with Gasteiger partial charge < -0.3 is 9.84 Å². The summed E-state index contributed by atoms with van der Waals surface area (Å²) in [6.45, 7) is 9.09. The van der Waals surface area contributed by atoms with E-state index in [1.807, 2.05) is 45.0 Å². The average Bonchev–Trinajstić information content (AvgIpc) is 2.71. The van der Waals surface area contributed by atoms with Gasteiger partial charge >= 0.3 is 0 Å². The Kier molecular flexibility index (Phi) is 9.51. The molecule has 30 heavy (non-hydrogen) atoms. The highest BCUT2D eigenvalue weighted by molar-refractivity contribution is 8.00. The van der Waals surface area contributed by atoms with E-state index in [9.17, 15) is 9.90 Å². The molecule has 2 aromatic rings. The molecule has 0 spiro atoms. The molecule has 0 aliphatic heterocycles. The summed E-state index contributed by atoms with van der Waals surface area (Å²) in [5.74, 6) is 1.02. The maximum Gasteiger partial charge on any atom is 0.150 e. The van der Waals surface area contributed by atoms with E-state index in [-0.39, 0.29) is 16.4 Å². The molecular formula is C26H34O3S. The lowest BCUT2D eigenvalue weighted by Gasteiger charge is -2.20. The van der Waals surface area contributed by atoms with Crippen molar-refractivity contribution in [2.45, 2.75) is 63.5 Å². The minimum absolute atomic E-state index is 0.0745. The van der Waals surface area contributed by atoms with Crippen LogP contribution in [0.5, 0.6) is 5.75 Å². The van der Waals surface area contributed by atoms with Crippen molar-refractivity contribution in [3.05, 3.63) is 60.9 Å². The Bertz CT molecular complexity index is 802. The van der Waals surface area contributed by atoms with Crippen LogP contribution in [-0.4, -0.2) is 22.7 Å². The second-order valence-corrected chi connectivity index (χ2v) is 9.90. The van der Waals surface area contributed by atoms with Gasteiger partial charge in [-0.2, -0.15) is 0 Å². The highest BCUT2D eigenvalue weighted by Crippen LogP contribution is 2.31. The van der Waals surface area contributed by atoms with Gasteiger partial charge in [0.2, 0.25) is 0 Å². The Hall–Kier alpha value is -2.20. The summed E-state index contributed by atoms with van der Waals surface area (Å²) >= 11 is 1.47. The van der Waals surface area contributed by atoms with E-state index in [0.717, 1.165) is 41.1 Å². The monoisotopic (exact) mass is 426 g/mol. The van der Waals surface area contributed by atoms with Crippen LogP contribution in [0.2, 0.25) is 0 Å². The lowest BCUT2D eigenvalue weighted by Crippen LogP contribution is -2.21. The van der Waals surface area contributed by atoms with Gasteiger partial charge in [-0.05, 0) is 53.3 Å². The van der Waals surface area contributed by atoms with Crippen molar-refractivity contribution in [1.29, 1.82) is 0 Å². The van der Waals surface area contributed by atoms with E-state index in [4.69, 9.17) is 4.74 Å². The lowest BCUT2D eigenvalue weighted by molar-refractivity contribution is -0.119. The van der Waals surface area contributed by atoms with E-state index < -0.39 is 0 Å². The number of hydrogen-bond acceptors (Lipinski definition) is 4. The minimum Gasteiger partial charge on any atom is -0.516 e. The summed E-state index contributed by atoms with van der Waals surface area (Å²) < 4.78 is 5.78. The number of unbranched alkanes of at least 4 members (excludes halogenated alkanes) is 2. The largest absolute Gasteiger partial charge is 0.516 e. The molecule has 4 heteroatoms. The van der Waals surface area contributed by atoms with Crippen molar-refractivity contribution in [2.75, 3.05) is 6.61 Å². The smallest absolute Gasteiger partial charge is 0.150 e. The Labute approximate surface area is 185 Å². The van der Waals surface area contributed by atoms with Gasteiger partial charge in [0.05, 0.1) is 18.1 Å². The molecule has 2 aromatic carbocycles. The van der Waals surface area contributed by atoms with Crippen LogP contribution in [-0.2, 0) is 4.79 Å². The van der Waals surface area contributed by atoms with Crippen LogP contribution in [0.25, 0.3) is 11.1 Å². The Morgan fingerprint density at radius 2 is 1.63 bits per heavy atom. The second kappa shape index (κ2) is 11.8. The number of aliphatic hydroxyl groups excluding tert-OH is 1. The Morgan fingerprint density at radius 1 is 1.03 bits per heavy atom. The highest BCUT2D eigenvalue weighted by Gasteiger charge is 2.23. The second-order valence-electron chi connectivity index (χ2n) is 8.69. The topological polar surface area (TPSA) is 46.5 Å². The first-order valence-corrected chi connectivity index (χ1v) is 11.5. The number of rotatable bonds is 11. The zero-order chi connectivity index (χ0) is 22.0. The molecule has 1 unspecified atom stereocenters. The van der Waals surface area contributed by atoms with Gasteiger partial charge in [0, 0.05) is 11.3 Å². The maximum absolute atomic E-state index is 12.6. The summed E-state index contributed by atoms with van der Waals surface area (Å²) in [6.07, 6.45) is 6.48. The molecule has 1 atom stereocenters. The molecule has 162 valence electrons. The highest BCUT2D eigenvalue weighted by atomic mass is 32.2. The molecule has 0 radical (unpaired) electrons. The van der Waals surface area contributed by atoms with Crippen LogP contribution in [0.3, 0.4) is 0 Å². The molecule has 1 N–H and O–H groups in total. The molecule has 0 amide bonds. The van der Waals surface area contributed by atoms with Crippen LogP contribution in [0.15, 0.2) is 65.8 Å². The zero-order valence-corrected chi connectivity index (χ0v) is 19.4. The van der Waals surface area contributed by atoms with Gasteiger partial charge in [0.1, 0.15) is 5.75 Å². The fourth-order valence-corrected chi connectivity index (χ4v) is 4.02. The van der Waals surface area contributed by atoms with Crippen molar-refractivity contribution in [2.24, 2.45) is 5.41 Å². The number of carbonyl (C=O) groups excluding carboxylic acids is 1. The molecule has 0 bridgehead atoms. The molecule has 0 heterocycles. The number of Topliss-reactive ketones (excluding diaryl/α,β-unsaturated/α-hetero) is 1. The number of hydrogen-bond donors (Lipinski definition) is 1. The number of aliphatic hydroxyl groups is 1. The van der Waals surface area contributed by atoms with Gasteiger partial charge in [-0.25, -0.2) is 0 Å². The molecular weight excluding hydrogens is 392 g/mol. The van der Waals surface area contributed by atoms with Crippen molar-refractivity contribution in [1.82, 2.24) is 0 Å². The van der Waals surface area contributed by atoms with Gasteiger partial charge in [-0.15, -0.1) is 11.8 Å². The average molecular weight is 427 g/mol. The summed E-state index contributed by atoms with van der Waals surface area (Å²) in [5, 5.41) is 8.82. The predicted molar refractivity (Wildman–Crippen MR) is 127 cm³/mol. The molecule has 0 saturated carbocycles. The Morgan fingerprint density at radius 3 is 2.17 bits per heavy atom. The normalized spacial score (nSPS) is 12.8. The zero-order valence-electron chi connectivity index (χ0n) is 18.6. The van der Waals surface area contributed by atoms with Crippen molar-refractivity contribution in [3.8, 4) is 16.9 Å². The van der Waals surface area contributed by atoms with E-state index in [0.29, 0.717) is 6.42 Å². The van der Waals surface area contributed by atoms with Crippen LogP contribution < -0.4 is 4.74 Å². The van der Waals surface area contributed by atoms with Crippen molar-refractivity contribution >= 4 is 17.5 Å². The van der Waals surface area contributed by atoms with Crippen LogP contribution in [0, 0.1) is 5.41 Å². The van der Waals surface area contributed by atoms with Crippen molar-refractivity contribution in [3.63, 3.8) is 0 Å². The number of ether oxygens (including phenoxy) is 1. The van der Waals surface area contributed by atoms with Gasteiger partial charge in [-0.3, -0.25) is 4.79 Å². The molecule has 0 fully saturated rings. The molecule has 0 saturated heterocycles. The number of benzene rings is 2. The van der Waals surface area contributed by atoms with E-state index in [1.54, 1.807) is 6.08 Å². The van der Waals surface area contributed by atoms with Gasteiger partial charge in [0.15, 0.2) is 5.78 Å². The fourth-order valence-electron chi connectivity index (χ4n) is 3.07. The number of carbonyl (C=O) groups is 1. The van der Waals surface area contributed by atoms with Crippen LogP contribution in [0.4, 0.5) is 0 Å². The van der Waals surface area contributed by atoms with Crippen LogP contribution >= 0.6 is 11.8 Å². The van der Waals surface area contributed by atoms with E-state index in [2.05, 4.69) is 31.2 Å². The maximum atomic E-state index is 12.6. The SMILES string of the molecule is CCCCCOc1ccc(-c2ccc(SC(/C=C/O)C(=O)CC(C)(C)C)cc2)cc1. The third-order valence-corrected chi connectivity index (χ3v) is 5.82. The summed E-state index contributed by atoms with van der Waals surface area (Å²) in [5.41, 5.74) is 2.17. The first kappa shape index (κ1) is 24.1. The van der Waals surface area contributed by atoms with Crippen molar-refractivity contribution < 1.29 is 14.6 Å². The lowest BCUT2D eigenvalue weighted by atomic mass is 9.89. The van der Waals surface area contributed by atoms with E-state index >= 15 is 0 Å². The summed E-state index contributed by atoms with van der Waals surface area (Å²) in [4.78, 5) is 13.6. The first-order chi connectivity index (χ1) is 14.3. The quantitative estimate of drug-likeness (QED) is 0.230. The standard InChI is InChI=1S/C26H34O3S/c1-5-6-7-18-29-22-12-8-20(9-13-22)21-10-14-23(15-11-21)30-25(16-17-27)24(28)19-26(2,3)4/h8-17,25,27H,5-7,18-19H2,1-4H3/b17-16+. The minimum atomic E-state index is -0.385. The molecule has 0 aliphatic carbocycles. The molecule has 0 aromatic heterocycles. The fraction of sp³-hybridized carbons (Fsp3) is 0.423.